The summed E-state index contributed by atoms with van der Waals surface area (Å²) in [7, 11) is 0. The number of nitrogens with one attached hydrogen (secondary N) is 2. The highest BCUT2D eigenvalue weighted by molar-refractivity contribution is 5.90. The molecule has 0 saturated heterocycles. The fourth-order valence-electron chi connectivity index (χ4n) is 3.08. The normalized spacial score (nSPS) is 16.6. The third-order valence-electron chi connectivity index (χ3n) is 4.09. The van der Waals surface area contributed by atoms with Crippen molar-refractivity contribution in [2.45, 2.75) is 18.9 Å². The molecule has 102 valence electrons. The molecule has 5 nitrogen and oxygen atoms in total. The molecule has 1 aromatic carbocycles. The van der Waals surface area contributed by atoms with Gasteiger partial charge in [0.05, 0.1) is 11.7 Å². The van der Waals surface area contributed by atoms with Crippen LogP contribution in [0, 0.1) is 11.5 Å². The number of aromatic nitrogens is 3. The highest BCUT2D eigenvalue weighted by atomic mass is 14.9. The van der Waals surface area contributed by atoms with E-state index in [4.69, 9.17) is 5.26 Å². The van der Waals surface area contributed by atoms with Crippen molar-refractivity contribution >= 4 is 11.0 Å². The maximum Gasteiger partial charge on any atom is 0.177 e. The van der Waals surface area contributed by atoms with Gasteiger partial charge in [-0.15, -0.1) is 0 Å². The van der Waals surface area contributed by atoms with Crippen molar-refractivity contribution in [3.63, 3.8) is 0 Å². The van der Waals surface area contributed by atoms with Gasteiger partial charge in [-0.2, -0.15) is 5.26 Å². The molecule has 1 atom stereocenters. The van der Waals surface area contributed by atoms with Gasteiger partial charge in [-0.05, 0) is 36.1 Å². The van der Waals surface area contributed by atoms with Gasteiger partial charge in [0.15, 0.2) is 6.19 Å². The van der Waals surface area contributed by atoms with Gasteiger partial charge in [0.2, 0.25) is 0 Å². The van der Waals surface area contributed by atoms with Crippen LogP contribution in [0.1, 0.15) is 23.6 Å². The first-order valence-corrected chi connectivity index (χ1v) is 6.93. The van der Waals surface area contributed by atoms with Crippen molar-refractivity contribution in [2.75, 3.05) is 0 Å². The lowest BCUT2D eigenvalue weighted by Crippen LogP contribution is -2.12. The van der Waals surface area contributed by atoms with Crippen LogP contribution in [-0.2, 0) is 6.42 Å². The van der Waals surface area contributed by atoms with Crippen LogP contribution in [0.15, 0.2) is 36.8 Å². The average Bonchev–Trinajstić information content (AvgIpc) is 3.14. The van der Waals surface area contributed by atoms with Crippen molar-refractivity contribution in [3.8, 4) is 17.5 Å². The van der Waals surface area contributed by atoms with Gasteiger partial charge < -0.3 is 10.3 Å². The van der Waals surface area contributed by atoms with Gasteiger partial charge in [-0.25, -0.2) is 9.97 Å². The molecule has 5 heteroatoms. The predicted molar refractivity (Wildman–Crippen MR) is 79.1 cm³/mol. The van der Waals surface area contributed by atoms with E-state index in [-0.39, 0.29) is 6.04 Å². The van der Waals surface area contributed by atoms with Crippen LogP contribution in [0.2, 0.25) is 0 Å². The number of rotatable bonds is 2. The van der Waals surface area contributed by atoms with Crippen LogP contribution in [0.3, 0.4) is 0 Å². The second kappa shape index (κ2) is 4.60. The summed E-state index contributed by atoms with van der Waals surface area (Å²) in [4.78, 5) is 11.8. The number of hydrogen-bond donors (Lipinski definition) is 2. The van der Waals surface area contributed by atoms with Crippen molar-refractivity contribution in [1.29, 1.82) is 5.26 Å². The lowest BCUT2D eigenvalue weighted by Gasteiger charge is -2.11. The van der Waals surface area contributed by atoms with Crippen LogP contribution in [0.4, 0.5) is 0 Å². The van der Waals surface area contributed by atoms with Gasteiger partial charge >= 0.3 is 0 Å². The molecular formula is C16H13N5. The maximum atomic E-state index is 8.87. The van der Waals surface area contributed by atoms with Crippen molar-refractivity contribution in [1.82, 2.24) is 20.3 Å². The Morgan fingerprint density at radius 2 is 2.24 bits per heavy atom. The first-order chi connectivity index (χ1) is 10.4. The third kappa shape index (κ3) is 1.84. The SMILES string of the molecule is N#CN[C@@H]1CCc2ccc(-c3ncnc4[nH]ccc34)cc21. The smallest absolute Gasteiger partial charge is 0.177 e. The van der Waals surface area contributed by atoms with Gasteiger partial charge in [0, 0.05) is 17.1 Å². The Balaban J connectivity index is 1.86. The number of benzene rings is 1. The molecule has 0 spiro atoms. The van der Waals surface area contributed by atoms with E-state index in [9.17, 15) is 0 Å². The van der Waals surface area contributed by atoms with Crippen molar-refractivity contribution < 1.29 is 0 Å². The molecule has 0 amide bonds. The number of aromatic amines is 1. The van der Waals surface area contributed by atoms with Crippen LogP contribution in [-0.4, -0.2) is 15.0 Å². The summed E-state index contributed by atoms with van der Waals surface area (Å²) in [5.74, 6) is 0. The summed E-state index contributed by atoms with van der Waals surface area (Å²) in [5, 5.41) is 12.8. The molecule has 1 aliphatic rings. The zero-order valence-corrected chi connectivity index (χ0v) is 11.3. The fraction of sp³-hybridized carbons (Fsp3) is 0.188. The van der Waals surface area contributed by atoms with Crippen LogP contribution in [0.5, 0.6) is 0 Å². The quantitative estimate of drug-likeness (QED) is 0.557. The van der Waals surface area contributed by atoms with Crippen LogP contribution < -0.4 is 5.32 Å². The van der Waals surface area contributed by atoms with E-state index in [0.29, 0.717) is 0 Å². The minimum Gasteiger partial charge on any atom is -0.346 e. The summed E-state index contributed by atoms with van der Waals surface area (Å²) in [6.45, 7) is 0. The molecule has 2 N–H and O–H groups in total. The zero-order valence-electron chi connectivity index (χ0n) is 11.3. The highest BCUT2D eigenvalue weighted by Crippen LogP contribution is 2.35. The topological polar surface area (TPSA) is 77.4 Å². The van der Waals surface area contributed by atoms with Gasteiger partial charge in [-0.3, -0.25) is 0 Å². The number of nitriles is 1. The second-order valence-electron chi connectivity index (χ2n) is 5.22. The second-order valence-corrected chi connectivity index (χ2v) is 5.22. The molecule has 0 radical (unpaired) electrons. The molecule has 4 rings (SSSR count). The molecule has 0 fully saturated rings. The number of nitrogens with zero attached hydrogens (tertiary/aromatic N) is 3. The molecule has 2 aromatic heterocycles. The van der Waals surface area contributed by atoms with E-state index in [1.54, 1.807) is 6.33 Å². The van der Waals surface area contributed by atoms with E-state index in [2.05, 4.69) is 44.7 Å². The molecule has 2 heterocycles. The van der Waals surface area contributed by atoms with Gasteiger partial charge in [0.25, 0.3) is 0 Å². The molecule has 0 aliphatic heterocycles. The molecule has 3 aromatic rings. The Hall–Kier alpha value is -2.87. The monoisotopic (exact) mass is 275 g/mol. The largest absolute Gasteiger partial charge is 0.346 e. The summed E-state index contributed by atoms with van der Waals surface area (Å²) in [5.41, 5.74) is 5.34. The van der Waals surface area contributed by atoms with E-state index in [1.807, 2.05) is 12.3 Å². The first-order valence-electron chi connectivity index (χ1n) is 6.93. The lowest BCUT2D eigenvalue weighted by atomic mass is 10.0. The van der Waals surface area contributed by atoms with Crippen LogP contribution in [0.25, 0.3) is 22.3 Å². The zero-order chi connectivity index (χ0) is 14.2. The summed E-state index contributed by atoms with van der Waals surface area (Å²) in [6, 6.07) is 8.50. The molecule has 0 unspecified atom stereocenters. The average molecular weight is 275 g/mol. The van der Waals surface area contributed by atoms with Crippen molar-refractivity contribution in [2.24, 2.45) is 0 Å². The Morgan fingerprint density at radius 1 is 1.29 bits per heavy atom. The minimum atomic E-state index is 0.119. The summed E-state index contributed by atoms with van der Waals surface area (Å²) < 4.78 is 0. The summed E-state index contributed by atoms with van der Waals surface area (Å²) in [6.07, 6.45) is 7.48. The van der Waals surface area contributed by atoms with E-state index in [1.165, 1.54) is 11.1 Å². The fourth-order valence-corrected chi connectivity index (χ4v) is 3.08. The lowest BCUT2D eigenvalue weighted by molar-refractivity contribution is 0.625. The van der Waals surface area contributed by atoms with E-state index in [0.717, 1.165) is 35.1 Å². The van der Waals surface area contributed by atoms with E-state index < -0.39 is 0 Å². The standard InChI is InChI=1S/C16H13N5/c17-8-19-14-4-3-10-1-2-11(7-13(10)14)15-12-5-6-18-16(12)21-9-20-15/h1-2,5-7,9,14,19H,3-4H2,(H,18,20,21)/t14-/m1/s1. The Labute approximate surface area is 121 Å². The number of hydrogen-bond acceptors (Lipinski definition) is 4. The Bertz CT molecular complexity index is 858. The molecule has 0 saturated carbocycles. The predicted octanol–water partition coefficient (Wildman–Crippen LogP) is 2.68. The third-order valence-corrected chi connectivity index (χ3v) is 4.09. The molecule has 1 aliphatic carbocycles. The number of fused-ring (bicyclic) bond motifs is 2. The number of aryl methyl sites for hydroxylation is 1. The highest BCUT2D eigenvalue weighted by Gasteiger charge is 2.23. The molecular weight excluding hydrogens is 262 g/mol. The summed E-state index contributed by atoms with van der Waals surface area (Å²) >= 11 is 0. The van der Waals surface area contributed by atoms with Gasteiger partial charge in [-0.1, -0.05) is 12.1 Å². The molecule has 21 heavy (non-hydrogen) atoms. The first kappa shape index (κ1) is 11.9. The minimum absolute atomic E-state index is 0.119. The number of H-pyrrole nitrogens is 1. The molecule has 0 bridgehead atoms. The van der Waals surface area contributed by atoms with E-state index >= 15 is 0 Å². The Kier molecular flexibility index (Phi) is 2.61. The van der Waals surface area contributed by atoms with Crippen LogP contribution >= 0.6 is 0 Å². The van der Waals surface area contributed by atoms with Gasteiger partial charge in [0.1, 0.15) is 12.0 Å². The van der Waals surface area contributed by atoms with Crippen molar-refractivity contribution in [3.05, 3.63) is 47.9 Å². The Morgan fingerprint density at radius 3 is 3.14 bits per heavy atom. The maximum absolute atomic E-state index is 8.87.